The van der Waals surface area contributed by atoms with Gasteiger partial charge in [-0.2, -0.15) is 0 Å². The van der Waals surface area contributed by atoms with Crippen molar-refractivity contribution >= 4 is 17.5 Å². The Bertz CT molecular complexity index is 375. The van der Waals surface area contributed by atoms with Crippen molar-refractivity contribution in [1.29, 1.82) is 0 Å². The Morgan fingerprint density at radius 1 is 1.29 bits per heavy atom. The minimum Gasteiger partial charge on any atom is -0.369 e. The van der Waals surface area contributed by atoms with E-state index in [9.17, 15) is 14.4 Å². The minimum atomic E-state index is -0.961. The lowest BCUT2D eigenvalue weighted by atomic mass is 9.88. The molecule has 17 heavy (non-hydrogen) atoms. The summed E-state index contributed by atoms with van der Waals surface area (Å²) in [4.78, 5) is 39.3. The zero-order valence-corrected chi connectivity index (χ0v) is 9.69. The number of rotatable bonds is 3. The summed E-state index contributed by atoms with van der Waals surface area (Å²) in [6.45, 7) is 1.80. The maximum atomic E-state index is 11.8. The second kappa shape index (κ2) is 4.41. The van der Waals surface area contributed by atoms with E-state index in [1.165, 1.54) is 0 Å². The van der Waals surface area contributed by atoms with Crippen molar-refractivity contribution in [2.24, 2.45) is 5.41 Å². The number of allylic oxidation sites excluding steroid dienone is 2. The topological polar surface area (TPSA) is 72.5 Å². The predicted octanol–water partition coefficient (Wildman–Crippen LogP) is 0.691. The highest BCUT2D eigenvalue weighted by atomic mass is 16.7. The van der Waals surface area contributed by atoms with Crippen LogP contribution >= 0.6 is 0 Å². The molecule has 2 aliphatic rings. The molecule has 0 aromatic heterocycles. The van der Waals surface area contributed by atoms with E-state index >= 15 is 0 Å². The molecule has 0 spiro atoms. The normalized spacial score (nSPS) is 23.4. The Balaban J connectivity index is 1.88. The summed E-state index contributed by atoms with van der Waals surface area (Å²) in [5.41, 5.74) is 1.73. The molecular formula is C12H15NO4. The smallest absolute Gasteiger partial charge is 0.331 e. The summed E-state index contributed by atoms with van der Waals surface area (Å²) < 4.78 is 0. The van der Waals surface area contributed by atoms with Gasteiger partial charge in [-0.15, -0.1) is 5.48 Å². The predicted molar refractivity (Wildman–Crippen MR) is 58.7 cm³/mol. The van der Waals surface area contributed by atoms with Crippen molar-refractivity contribution in [2.75, 3.05) is 0 Å². The molecule has 0 aromatic carbocycles. The van der Waals surface area contributed by atoms with Crippen molar-refractivity contribution in [3.63, 3.8) is 0 Å². The summed E-state index contributed by atoms with van der Waals surface area (Å²) in [6.07, 6.45) is 5.56. The van der Waals surface area contributed by atoms with Crippen LogP contribution in [0.3, 0.4) is 0 Å². The Morgan fingerprint density at radius 3 is 2.35 bits per heavy atom. The largest absolute Gasteiger partial charge is 0.369 e. The van der Waals surface area contributed by atoms with E-state index in [4.69, 9.17) is 4.84 Å². The number of Topliss-reactive ketones (excluding diaryl/α,β-unsaturated/α-hetero) is 2. The van der Waals surface area contributed by atoms with Gasteiger partial charge in [0.25, 0.3) is 0 Å². The molecule has 1 fully saturated rings. The van der Waals surface area contributed by atoms with Gasteiger partial charge in [0.15, 0.2) is 17.6 Å². The standard InChI is InChI=1S/C12H15NO4/c1-12(6-2-3-7-12)11(16)17-13-10-8(14)4-5-9(10)15/h2-3,10,13H,4-7H2,1H3. The lowest BCUT2D eigenvalue weighted by Crippen LogP contribution is -2.42. The molecular weight excluding hydrogens is 222 g/mol. The van der Waals surface area contributed by atoms with Crippen molar-refractivity contribution in [3.8, 4) is 0 Å². The van der Waals surface area contributed by atoms with Gasteiger partial charge in [0.05, 0.1) is 5.41 Å². The molecule has 0 amide bonds. The quantitative estimate of drug-likeness (QED) is 0.444. The molecule has 0 heterocycles. The fraction of sp³-hybridized carbons (Fsp3) is 0.583. The second-order valence-corrected chi connectivity index (χ2v) is 4.81. The van der Waals surface area contributed by atoms with Crippen molar-refractivity contribution in [2.45, 2.75) is 38.6 Å². The third-order valence-electron chi connectivity index (χ3n) is 3.33. The van der Waals surface area contributed by atoms with Crippen LogP contribution in [0.15, 0.2) is 12.2 Å². The maximum absolute atomic E-state index is 11.8. The summed E-state index contributed by atoms with van der Waals surface area (Å²) >= 11 is 0. The van der Waals surface area contributed by atoms with Gasteiger partial charge in [0.2, 0.25) is 0 Å². The molecule has 5 heteroatoms. The molecule has 92 valence electrons. The first-order valence-electron chi connectivity index (χ1n) is 5.70. The van der Waals surface area contributed by atoms with Crippen molar-refractivity contribution < 1.29 is 19.2 Å². The molecule has 1 saturated carbocycles. The number of hydroxylamine groups is 1. The number of ketones is 2. The minimum absolute atomic E-state index is 0.211. The molecule has 0 radical (unpaired) electrons. The van der Waals surface area contributed by atoms with E-state index in [1.807, 2.05) is 12.2 Å². The fourth-order valence-electron chi connectivity index (χ4n) is 2.02. The van der Waals surface area contributed by atoms with Crippen LogP contribution in [0.5, 0.6) is 0 Å². The molecule has 0 aliphatic heterocycles. The summed E-state index contributed by atoms with van der Waals surface area (Å²) in [7, 11) is 0. The van der Waals surface area contributed by atoms with E-state index in [2.05, 4.69) is 5.48 Å². The maximum Gasteiger partial charge on any atom is 0.331 e. The van der Waals surface area contributed by atoms with Crippen molar-refractivity contribution in [3.05, 3.63) is 12.2 Å². The Labute approximate surface area is 99.2 Å². The van der Waals surface area contributed by atoms with E-state index < -0.39 is 17.4 Å². The number of hydrogen-bond acceptors (Lipinski definition) is 5. The van der Waals surface area contributed by atoms with Gasteiger partial charge in [0.1, 0.15) is 0 Å². The monoisotopic (exact) mass is 237 g/mol. The number of nitrogens with one attached hydrogen (secondary N) is 1. The Morgan fingerprint density at radius 2 is 1.82 bits per heavy atom. The first-order chi connectivity index (χ1) is 8.03. The zero-order chi connectivity index (χ0) is 12.5. The third kappa shape index (κ3) is 2.29. The molecule has 2 aliphatic carbocycles. The molecule has 0 atom stereocenters. The SMILES string of the molecule is CC1(C(=O)ONC2C(=O)CCC2=O)CC=CC1. The fourth-order valence-corrected chi connectivity index (χ4v) is 2.02. The number of carbonyl (C=O) groups is 3. The Hall–Kier alpha value is -1.49. The van der Waals surface area contributed by atoms with Crippen LogP contribution in [0.4, 0.5) is 0 Å². The third-order valence-corrected chi connectivity index (χ3v) is 3.33. The molecule has 0 bridgehead atoms. The second-order valence-electron chi connectivity index (χ2n) is 4.81. The van der Waals surface area contributed by atoms with E-state index in [0.29, 0.717) is 12.8 Å². The molecule has 5 nitrogen and oxygen atoms in total. The first-order valence-corrected chi connectivity index (χ1v) is 5.70. The number of carbonyl (C=O) groups excluding carboxylic acids is 3. The van der Waals surface area contributed by atoms with Crippen LogP contribution < -0.4 is 5.48 Å². The molecule has 0 aromatic rings. The first kappa shape index (κ1) is 12.0. The van der Waals surface area contributed by atoms with Gasteiger partial charge in [-0.25, -0.2) is 4.79 Å². The number of hydrogen-bond donors (Lipinski definition) is 1. The van der Waals surface area contributed by atoms with Crippen molar-refractivity contribution in [1.82, 2.24) is 5.48 Å². The van der Waals surface area contributed by atoms with E-state index in [1.54, 1.807) is 6.92 Å². The molecule has 2 rings (SSSR count). The van der Waals surface area contributed by atoms with Crippen LogP contribution in [0.2, 0.25) is 0 Å². The zero-order valence-electron chi connectivity index (χ0n) is 9.69. The van der Waals surface area contributed by atoms with Gasteiger partial charge in [-0.3, -0.25) is 9.59 Å². The average Bonchev–Trinajstić information content (AvgIpc) is 2.85. The average molecular weight is 237 g/mol. The molecule has 1 N–H and O–H groups in total. The summed E-state index contributed by atoms with van der Waals surface area (Å²) in [6, 6.07) is -0.961. The summed E-state index contributed by atoms with van der Waals surface area (Å²) in [5, 5.41) is 0. The van der Waals surface area contributed by atoms with Gasteiger partial charge >= 0.3 is 5.97 Å². The van der Waals surface area contributed by atoms with Crippen LogP contribution in [0.25, 0.3) is 0 Å². The highest BCUT2D eigenvalue weighted by Crippen LogP contribution is 2.33. The van der Waals surface area contributed by atoms with E-state index in [-0.39, 0.29) is 24.4 Å². The van der Waals surface area contributed by atoms with Gasteiger partial charge < -0.3 is 4.84 Å². The Kier molecular flexibility index (Phi) is 3.11. The molecule has 0 unspecified atom stereocenters. The molecule has 0 saturated heterocycles. The van der Waals surface area contributed by atoms with Crippen LogP contribution in [0, 0.1) is 5.41 Å². The lowest BCUT2D eigenvalue weighted by molar-refractivity contribution is -0.165. The van der Waals surface area contributed by atoms with Crippen LogP contribution in [-0.4, -0.2) is 23.6 Å². The highest BCUT2D eigenvalue weighted by Gasteiger charge is 2.38. The summed E-state index contributed by atoms with van der Waals surface area (Å²) in [5.74, 6) is -0.843. The highest BCUT2D eigenvalue weighted by molar-refractivity contribution is 6.12. The van der Waals surface area contributed by atoms with E-state index in [0.717, 1.165) is 0 Å². The van der Waals surface area contributed by atoms with Gasteiger partial charge in [-0.05, 0) is 19.8 Å². The lowest BCUT2D eigenvalue weighted by Gasteiger charge is -2.21. The van der Waals surface area contributed by atoms with Gasteiger partial charge in [0, 0.05) is 12.8 Å². The van der Waals surface area contributed by atoms with Crippen LogP contribution in [0.1, 0.15) is 32.6 Å². The van der Waals surface area contributed by atoms with Gasteiger partial charge in [-0.1, -0.05) is 12.2 Å². The van der Waals surface area contributed by atoms with Crippen LogP contribution in [-0.2, 0) is 19.2 Å².